The van der Waals surface area contributed by atoms with Gasteiger partial charge in [-0.15, -0.1) is 0 Å². The third-order valence-corrected chi connectivity index (χ3v) is 10.3. The smallest absolute Gasteiger partial charge is 0.164 e. The predicted octanol–water partition coefficient (Wildman–Crippen LogP) is 10.9. The number of rotatable bonds is 4. The highest BCUT2D eigenvalue weighted by atomic mass is 16.5. The molecule has 7 aromatic carbocycles. The zero-order valence-electron chi connectivity index (χ0n) is 27.9. The van der Waals surface area contributed by atoms with E-state index >= 15 is 0 Å². The van der Waals surface area contributed by atoms with Crippen LogP contribution in [0.1, 0.15) is 27.8 Å². The van der Waals surface area contributed by atoms with Crippen LogP contribution in [0.25, 0.3) is 56.4 Å². The van der Waals surface area contributed by atoms with Gasteiger partial charge in [-0.25, -0.2) is 15.0 Å². The zero-order chi connectivity index (χ0) is 34.6. The normalized spacial score (nSPS) is 12.9. The van der Waals surface area contributed by atoms with Gasteiger partial charge in [0.05, 0.1) is 17.0 Å². The molecule has 1 spiro atoms. The number of nitrogens with zero attached hydrogens (tertiary/aromatic N) is 4. The topological polar surface area (TPSA) is 71.7 Å². The van der Waals surface area contributed by atoms with Gasteiger partial charge >= 0.3 is 0 Å². The molecule has 10 rings (SSSR count). The van der Waals surface area contributed by atoms with Gasteiger partial charge in [-0.05, 0) is 69.8 Å². The molecular formula is C47H28N4O. The lowest BCUT2D eigenvalue weighted by Gasteiger charge is -2.39. The Morgan fingerprint density at radius 1 is 0.404 bits per heavy atom. The Kier molecular flexibility index (Phi) is 6.70. The molecule has 242 valence electrons. The van der Waals surface area contributed by atoms with Gasteiger partial charge in [0.1, 0.15) is 11.5 Å². The molecule has 0 saturated carbocycles. The first-order valence-corrected chi connectivity index (χ1v) is 17.2. The van der Waals surface area contributed by atoms with Gasteiger partial charge in [0.25, 0.3) is 0 Å². The molecule has 0 bridgehead atoms. The summed E-state index contributed by atoms with van der Waals surface area (Å²) >= 11 is 0. The maximum atomic E-state index is 9.23. The van der Waals surface area contributed by atoms with E-state index in [-0.39, 0.29) is 0 Å². The molecule has 0 unspecified atom stereocenters. The van der Waals surface area contributed by atoms with Crippen molar-refractivity contribution >= 4 is 0 Å². The van der Waals surface area contributed by atoms with Gasteiger partial charge in [-0.2, -0.15) is 5.26 Å². The zero-order valence-corrected chi connectivity index (χ0v) is 27.9. The fourth-order valence-electron chi connectivity index (χ4n) is 7.89. The summed E-state index contributed by atoms with van der Waals surface area (Å²) in [5.74, 6) is 3.43. The predicted molar refractivity (Wildman–Crippen MR) is 204 cm³/mol. The first-order chi connectivity index (χ1) is 25.7. The molecule has 1 aliphatic carbocycles. The van der Waals surface area contributed by atoms with Crippen molar-refractivity contribution in [3.8, 4) is 74.0 Å². The number of hydrogen-bond acceptors (Lipinski definition) is 5. The SMILES string of the molecule is N#Cc1ccc(-c2ccc(-c3nc(-c4ccccc4)nc(-c4ccc5c(c4)C4(c6ccccc6O5)c5ccccc5-c5ccccc54)n3)cc2)cc1. The van der Waals surface area contributed by atoms with Crippen molar-refractivity contribution in [2.75, 3.05) is 0 Å². The largest absolute Gasteiger partial charge is 0.457 e. The van der Waals surface area contributed by atoms with E-state index in [2.05, 4.69) is 103 Å². The Balaban J connectivity index is 1.16. The van der Waals surface area contributed by atoms with Crippen molar-refractivity contribution in [1.82, 2.24) is 15.0 Å². The number of hydrogen-bond donors (Lipinski definition) is 0. The molecule has 0 N–H and O–H groups in total. The van der Waals surface area contributed by atoms with Gasteiger partial charge < -0.3 is 4.74 Å². The van der Waals surface area contributed by atoms with Crippen LogP contribution in [0.3, 0.4) is 0 Å². The lowest BCUT2D eigenvalue weighted by atomic mass is 9.66. The minimum absolute atomic E-state index is 0.580. The third kappa shape index (κ3) is 4.52. The summed E-state index contributed by atoms with van der Waals surface area (Å²) < 4.78 is 6.66. The molecule has 8 aromatic rings. The minimum Gasteiger partial charge on any atom is -0.457 e. The van der Waals surface area contributed by atoms with Gasteiger partial charge in [0, 0.05) is 27.8 Å². The average molecular weight is 665 g/mol. The van der Waals surface area contributed by atoms with Gasteiger partial charge in [0.15, 0.2) is 17.5 Å². The van der Waals surface area contributed by atoms with Gasteiger partial charge in [0.2, 0.25) is 0 Å². The molecule has 2 heterocycles. The van der Waals surface area contributed by atoms with E-state index in [9.17, 15) is 5.26 Å². The molecule has 0 atom stereocenters. The van der Waals surface area contributed by atoms with Crippen LogP contribution in [0.5, 0.6) is 11.5 Å². The average Bonchev–Trinajstić information content (AvgIpc) is 3.52. The quantitative estimate of drug-likeness (QED) is 0.187. The van der Waals surface area contributed by atoms with E-state index in [1.807, 2.05) is 72.8 Å². The summed E-state index contributed by atoms with van der Waals surface area (Å²) in [6.07, 6.45) is 0. The summed E-state index contributed by atoms with van der Waals surface area (Å²) in [6.45, 7) is 0. The monoisotopic (exact) mass is 664 g/mol. The molecule has 5 nitrogen and oxygen atoms in total. The van der Waals surface area contributed by atoms with Crippen molar-refractivity contribution in [1.29, 1.82) is 5.26 Å². The van der Waals surface area contributed by atoms with Crippen LogP contribution in [0.2, 0.25) is 0 Å². The fourth-order valence-corrected chi connectivity index (χ4v) is 7.89. The number of aromatic nitrogens is 3. The van der Waals surface area contributed by atoms with E-state index in [4.69, 9.17) is 19.7 Å². The number of para-hydroxylation sites is 1. The second-order valence-corrected chi connectivity index (χ2v) is 13.1. The Morgan fingerprint density at radius 2 is 0.865 bits per heavy atom. The number of ether oxygens (including phenoxy) is 1. The van der Waals surface area contributed by atoms with Crippen LogP contribution < -0.4 is 4.74 Å². The molecule has 1 aromatic heterocycles. The number of nitriles is 1. The lowest BCUT2D eigenvalue weighted by Crippen LogP contribution is -2.32. The van der Waals surface area contributed by atoms with Crippen LogP contribution in [0, 0.1) is 11.3 Å². The molecule has 52 heavy (non-hydrogen) atoms. The molecular weight excluding hydrogens is 637 g/mol. The molecule has 0 radical (unpaired) electrons. The molecule has 2 aliphatic rings. The Morgan fingerprint density at radius 3 is 1.50 bits per heavy atom. The molecule has 0 fully saturated rings. The molecule has 5 heteroatoms. The van der Waals surface area contributed by atoms with Crippen LogP contribution in [0.4, 0.5) is 0 Å². The second kappa shape index (κ2) is 11.7. The van der Waals surface area contributed by atoms with Crippen molar-refractivity contribution < 1.29 is 4.74 Å². The highest BCUT2D eigenvalue weighted by Gasteiger charge is 2.51. The van der Waals surface area contributed by atoms with E-state index in [1.54, 1.807) is 0 Å². The fraction of sp³-hybridized carbons (Fsp3) is 0.0213. The summed E-state index contributed by atoms with van der Waals surface area (Å²) in [5, 5.41) is 9.23. The molecule has 0 amide bonds. The standard InChI is InChI=1S/C47H28N4O/c48-29-30-18-20-31(21-19-30)32-22-24-34(25-23-32)45-49-44(33-10-2-1-3-11-33)50-46(51-45)35-26-27-43-41(28-35)47(40-16-8-9-17-42(40)52-43)38-14-6-4-12-36(38)37-13-5-7-15-39(37)47/h1-28H. The first kappa shape index (κ1) is 29.7. The Labute approximate surface area is 301 Å². The highest BCUT2D eigenvalue weighted by Crippen LogP contribution is 2.62. The van der Waals surface area contributed by atoms with E-state index in [1.165, 1.54) is 22.3 Å². The summed E-state index contributed by atoms with van der Waals surface area (Å²) in [7, 11) is 0. The second-order valence-electron chi connectivity index (χ2n) is 13.1. The summed E-state index contributed by atoms with van der Waals surface area (Å²) in [6, 6.07) is 60.2. The third-order valence-electron chi connectivity index (χ3n) is 10.3. The number of fused-ring (bicyclic) bond motifs is 9. The van der Waals surface area contributed by atoms with E-state index in [0.717, 1.165) is 50.4 Å². The summed E-state index contributed by atoms with van der Waals surface area (Å²) in [5.41, 5.74) is 11.9. The van der Waals surface area contributed by atoms with Crippen LogP contribution in [-0.2, 0) is 5.41 Å². The highest BCUT2D eigenvalue weighted by molar-refractivity contribution is 5.89. The van der Waals surface area contributed by atoms with Crippen molar-refractivity contribution in [3.05, 3.63) is 198 Å². The lowest BCUT2D eigenvalue weighted by molar-refractivity contribution is 0.436. The maximum Gasteiger partial charge on any atom is 0.164 e. The van der Waals surface area contributed by atoms with Crippen molar-refractivity contribution in [2.24, 2.45) is 0 Å². The van der Waals surface area contributed by atoms with Crippen LogP contribution in [0.15, 0.2) is 170 Å². The van der Waals surface area contributed by atoms with Crippen molar-refractivity contribution in [3.63, 3.8) is 0 Å². The van der Waals surface area contributed by atoms with E-state index in [0.29, 0.717) is 23.0 Å². The van der Waals surface area contributed by atoms with Gasteiger partial charge in [-0.3, -0.25) is 0 Å². The minimum atomic E-state index is -0.591. The van der Waals surface area contributed by atoms with Gasteiger partial charge in [-0.1, -0.05) is 133 Å². The van der Waals surface area contributed by atoms with E-state index < -0.39 is 5.41 Å². The van der Waals surface area contributed by atoms with Crippen LogP contribution in [-0.4, -0.2) is 15.0 Å². The Bertz CT molecular complexity index is 2670. The maximum absolute atomic E-state index is 9.23. The first-order valence-electron chi connectivity index (χ1n) is 17.2. The summed E-state index contributed by atoms with van der Waals surface area (Å²) in [4.78, 5) is 15.2. The Hall–Kier alpha value is -7.16. The van der Waals surface area contributed by atoms with Crippen LogP contribution >= 0.6 is 0 Å². The number of benzene rings is 7. The molecule has 1 aliphatic heterocycles. The van der Waals surface area contributed by atoms with Crippen molar-refractivity contribution in [2.45, 2.75) is 5.41 Å². The molecule has 0 saturated heterocycles.